The maximum Gasteiger partial charge on any atom is 0.259 e. The highest BCUT2D eigenvalue weighted by atomic mass is 19.1. The van der Waals surface area contributed by atoms with Crippen LogP contribution in [-0.2, 0) is 6.42 Å². The summed E-state index contributed by atoms with van der Waals surface area (Å²) in [6.07, 6.45) is 2.76. The number of pyridine rings is 1. The van der Waals surface area contributed by atoms with E-state index in [9.17, 15) is 9.18 Å². The standard InChI is InChI=1S/C20H24FN3O2/c1-13-11-17(19(26-2)23-18(13)22)20(25)24-9-7-15(8-10-24)12-14-3-5-16(21)6-4-14/h3-6,11,15H,7-10,12H2,1-2H3,(H2,22,23). The van der Waals surface area contributed by atoms with Crippen molar-refractivity contribution in [2.24, 2.45) is 5.92 Å². The Hall–Kier alpha value is -2.63. The van der Waals surface area contributed by atoms with E-state index in [1.807, 2.05) is 24.0 Å². The Bertz CT molecular complexity index is 784. The summed E-state index contributed by atoms with van der Waals surface area (Å²) in [6, 6.07) is 8.41. The number of ether oxygens (including phenoxy) is 1. The van der Waals surface area contributed by atoms with Crippen LogP contribution in [0.2, 0.25) is 0 Å². The molecular weight excluding hydrogens is 333 g/mol. The number of rotatable bonds is 4. The molecule has 0 bridgehead atoms. The molecule has 26 heavy (non-hydrogen) atoms. The van der Waals surface area contributed by atoms with Crippen molar-refractivity contribution in [3.63, 3.8) is 0 Å². The molecule has 2 N–H and O–H groups in total. The van der Waals surface area contributed by atoms with Crippen LogP contribution in [0.15, 0.2) is 30.3 Å². The molecule has 0 aliphatic carbocycles. The number of nitrogen functional groups attached to an aromatic ring is 1. The molecule has 5 nitrogen and oxygen atoms in total. The molecule has 0 atom stereocenters. The molecule has 1 aromatic carbocycles. The number of likely N-dealkylation sites (tertiary alicyclic amines) is 1. The second-order valence-electron chi connectivity index (χ2n) is 6.81. The predicted octanol–water partition coefficient (Wildman–Crippen LogP) is 3.21. The van der Waals surface area contributed by atoms with E-state index in [0.717, 1.165) is 30.4 Å². The van der Waals surface area contributed by atoms with Gasteiger partial charge in [-0.25, -0.2) is 4.39 Å². The molecule has 1 saturated heterocycles. The van der Waals surface area contributed by atoms with Gasteiger partial charge in [0.25, 0.3) is 5.91 Å². The molecule has 1 aliphatic heterocycles. The first-order valence-electron chi connectivity index (χ1n) is 8.82. The number of hydrogen-bond donors (Lipinski definition) is 1. The van der Waals surface area contributed by atoms with E-state index in [2.05, 4.69) is 4.98 Å². The molecule has 2 aromatic rings. The molecule has 0 saturated carbocycles. The Morgan fingerprint density at radius 2 is 1.96 bits per heavy atom. The Kier molecular flexibility index (Phi) is 5.40. The quantitative estimate of drug-likeness (QED) is 0.912. The van der Waals surface area contributed by atoms with Crippen molar-refractivity contribution in [3.8, 4) is 5.88 Å². The number of aryl methyl sites for hydroxylation is 1. The molecule has 0 unspecified atom stereocenters. The number of aromatic nitrogens is 1. The number of anilines is 1. The minimum atomic E-state index is -0.212. The lowest BCUT2D eigenvalue weighted by Crippen LogP contribution is -2.39. The van der Waals surface area contributed by atoms with E-state index in [1.165, 1.54) is 19.2 Å². The molecule has 1 aliphatic rings. The minimum absolute atomic E-state index is 0.0716. The van der Waals surface area contributed by atoms with Crippen molar-refractivity contribution in [2.45, 2.75) is 26.2 Å². The fourth-order valence-corrected chi connectivity index (χ4v) is 3.38. The summed E-state index contributed by atoms with van der Waals surface area (Å²) in [4.78, 5) is 18.9. The lowest BCUT2D eigenvalue weighted by atomic mass is 9.90. The highest BCUT2D eigenvalue weighted by Crippen LogP contribution is 2.26. The molecule has 0 spiro atoms. The Morgan fingerprint density at radius 1 is 1.31 bits per heavy atom. The van der Waals surface area contributed by atoms with Gasteiger partial charge in [-0.1, -0.05) is 12.1 Å². The smallest absolute Gasteiger partial charge is 0.259 e. The van der Waals surface area contributed by atoms with Crippen LogP contribution in [0.5, 0.6) is 5.88 Å². The van der Waals surface area contributed by atoms with E-state index in [0.29, 0.717) is 30.4 Å². The number of piperidine rings is 1. The number of carbonyl (C=O) groups is 1. The summed E-state index contributed by atoms with van der Waals surface area (Å²) in [7, 11) is 1.49. The van der Waals surface area contributed by atoms with Gasteiger partial charge in [-0.15, -0.1) is 0 Å². The summed E-state index contributed by atoms with van der Waals surface area (Å²) < 4.78 is 18.2. The topological polar surface area (TPSA) is 68.5 Å². The van der Waals surface area contributed by atoms with E-state index in [1.54, 1.807) is 6.07 Å². The lowest BCUT2D eigenvalue weighted by molar-refractivity contribution is 0.0686. The number of amides is 1. The molecule has 6 heteroatoms. The van der Waals surface area contributed by atoms with Gasteiger partial charge in [-0.3, -0.25) is 4.79 Å². The monoisotopic (exact) mass is 357 g/mol. The zero-order valence-corrected chi connectivity index (χ0v) is 15.2. The van der Waals surface area contributed by atoms with E-state index in [-0.39, 0.29) is 17.6 Å². The SMILES string of the molecule is COc1nc(N)c(C)cc1C(=O)N1CCC(Cc2ccc(F)cc2)CC1. The fraction of sp³-hybridized carbons (Fsp3) is 0.400. The summed E-state index contributed by atoms with van der Waals surface area (Å²) in [6.45, 7) is 3.21. The lowest BCUT2D eigenvalue weighted by Gasteiger charge is -2.32. The molecule has 0 radical (unpaired) electrons. The van der Waals surface area contributed by atoms with Crippen molar-refractivity contribution in [3.05, 3.63) is 52.8 Å². The van der Waals surface area contributed by atoms with Crippen LogP contribution in [0.4, 0.5) is 10.2 Å². The van der Waals surface area contributed by atoms with Gasteiger partial charge in [-0.2, -0.15) is 4.98 Å². The molecule has 1 amide bonds. The average molecular weight is 357 g/mol. The number of halogens is 1. The van der Waals surface area contributed by atoms with Gasteiger partial charge in [0, 0.05) is 13.1 Å². The maximum atomic E-state index is 13.0. The summed E-state index contributed by atoms with van der Waals surface area (Å²) in [5.41, 5.74) is 8.16. The first-order valence-corrected chi connectivity index (χ1v) is 8.82. The van der Waals surface area contributed by atoms with Gasteiger partial charge >= 0.3 is 0 Å². The van der Waals surface area contributed by atoms with Gasteiger partial charge < -0.3 is 15.4 Å². The van der Waals surface area contributed by atoms with Gasteiger partial charge in [0.1, 0.15) is 17.2 Å². The Morgan fingerprint density at radius 3 is 2.58 bits per heavy atom. The van der Waals surface area contributed by atoms with Gasteiger partial charge in [0.2, 0.25) is 5.88 Å². The van der Waals surface area contributed by atoms with E-state index >= 15 is 0 Å². The van der Waals surface area contributed by atoms with Crippen molar-refractivity contribution in [2.75, 3.05) is 25.9 Å². The largest absolute Gasteiger partial charge is 0.480 e. The maximum absolute atomic E-state index is 13.0. The van der Waals surface area contributed by atoms with Crippen molar-refractivity contribution in [1.29, 1.82) is 0 Å². The van der Waals surface area contributed by atoms with Crippen LogP contribution in [-0.4, -0.2) is 36.0 Å². The number of carbonyl (C=O) groups excluding carboxylic acids is 1. The first kappa shape index (κ1) is 18.2. The molecular formula is C20H24FN3O2. The third-order valence-electron chi connectivity index (χ3n) is 4.98. The molecule has 1 aromatic heterocycles. The number of nitrogens with zero attached hydrogens (tertiary/aromatic N) is 2. The van der Waals surface area contributed by atoms with Crippen LogP contribution in [0, 0.1) is 18.7 Å². The van der Waals surface area contributed by atoms with Gasteiger partial charge in [0.05, 0.1) is 7.11 Å². The normalized spacial score (nSPS) is 15.1. The van der Waals surface area contributed by atoms with Gasteiger partial charge in [-0.05, 0) is 61.4 Å². The average Bonchev–Trinajstić information content (AvgIpc) is 2.65. The number of benzene rings is 1. The van der Waals surface area contributed by atoms with E-state index in [4.69, 9.17) is 10.5 Å². The van der Waals surface area contributed by atoms with Crippen molar-refractivity contribution < 1.29 is 13.9 Å². The van der Waals surface area contributed by atoms with Crippen LogP contribution >= 0.6 is 0 Å². The third kappa shape index (κ3) is 3.95. The second kappa shape index (κ2) is 7.72. The summed E-state index contributed by atoms with van der Waals surface area (Å²) in [5, 5.41) is 0. The Labute approximate surface area is 153 Å². The first-order chi connectivity index (χ1) is 12.5. The van der Waals surface area contributed by atoms with Crippen LogP contribution in [0.25, 0.3) is 0 Å². The number of nitrogens with two attached hydrogens (primary N) is 1. The number of hydrogen-bond acceptors (Lipinski definition) is 4. The van der Waals surface area contributed by atoms with Crippen LogP contribution in [0.1, 0.15) is 34.3 Å². The van der Waals surface area contributed by atoms with Crippen LogP contribution < -0.4 is 10.5 Å². The molecule has 3 rings (SSSR count). The molecule has 2 heterocycles. The zero-order valence-electron chi connectivity index (χ0n) is 15.2. The summed E-state index contributed by atoms with van der Waals surface area (Å²) in [5.74, 6) is 0.855. The summed E-state index contributed by atoms with van der Waals surface area (Å²) >= 11 is 0. The fourth-order valence-electron chi connectivity index (χ4n) is 3.38. The zero-order chi connectivity index (χ0) is 18.7. The second-order valence-corrected chi connectivity index (χ2v) is 6.81. The number of methoxy groups -OCH3 is 1. The van der Waals surface area contributed by atoms with Crippen LogP contribution in [0.3, 0.4) is 0 Å². The van der Waals surface area contributed by atoms with Crippen molar-refractivity contribution in [1.82, 2.24) is 9.88 Å². The van der Waals surface area contributed by atoms with Gasteiger partial charge in [0.15, 0.2) is 0 Å². The minimum Gasteiger partial charge on any atom is -0.480 e. The van der Waals surface area contributed by atoms with E-state index < -0.39 is 0 Å². The highest BCUT2D eigenvalue weighted by molar-refractivity contribution is 5.97. The third-order valence-corrected chi connectivity index (χ3v) is 4.98. The molecule has 138 valence electrons. The van der Waals surface area contributed by atoms with Crippen molar-refractivity contribution >= 4 is 11.7 Å². The Balaban J connectivity index is 1.63. The molecule has 1 fully saturated rings. The predicted molar refractivity (Wildman–Crippen MR) is 98.7 cm³/mol. The highest BCUT2D eigenvalue weighted by Gasteiger charge is 2.26.